The number of aromatic nitrogens is 1. The summed E-state index contributed by atoms with van der Waals surface area (Å²) in [6.45, 7) is 4.80. The normalized spacial score (nSPS) is 10.6. The second-order valence-electron chi connectivity index (χ2n) is 5.42. The predicted molar refractivity (Wildman–Crippen MR) is 92.2 cm³/mol. The van der Waals surface area contributed by atoms with Crippen LogP contribution >= 0.6 is 11.3 Å². The van der Waals surface area contributed by atoms with Crippen molar-refractivity contribution in [1.82, 2.24) is 10.3 Å². The first-order chi connectivity index (χ1) is 11.6. The van der Waals surface area contributed by atoms with Crippen LogP contribution in [0.2, 0.25) is 0 Å². The van der Waals surface area contributed by atoms with Gasteiger partial charge in [-0.05, 0) is 49.2 Å². The van der Waals surface area contributed by atoms with Crippen molar-refractivity contribution >= 4 is 17.2 Å². The topological polar surface area (TPSA) is 64.4 Å². The molecular weight excluding hydrogens is 324 g/mol. The molecule has 0 radical (unpaired) electrons. The van der Waals surface area contributed by atoms with Crippen LogP contribution < -0.4 is 10.1 Å². The Hall–Kier alpha value is -2.60. The van der Waals surface area contributed by atoms with Crippen molar-refractivity contribution < 1.29 is 13.9 Å². The molecule has 0 bridgehead atoms. The molecule has 3 aromatic rings. The number of amides is 1. The number of carbonyl (C=O) groups excluding carboxylic acids is 1. The summed E-state index contributed by atoms with van der Waals surface area (Å²) in [4.78, 5) is 16.4. The van der Waals surface area contributed by atoms with Gasteiger partial charge in [-0.2, -0.15) is 0 Å². The smallest absolute Gasteiger partial charge is 0.271 e. The maximum absolute atomic E-state index is 12.1. The van der Waals surface area contributed by atoms with Crippen molar-refractivity contribution in [2.24, 2.45) is 0 Å². The van der Waals surface area contributed by atoms with E-state index in [1.165, 1.54) is 22.5 Å². The molecule has 0 fully saturated rings. The van der Waals surface area contributed by atoms with Crippen LogP contribution in [0.25, 0.3) is 0 Å². The van der Waals surface area contributed by atoms with Crippen LogP contribution in [0.5, 0.6) is 5.75 Å². The highest BCUT2D eigenvalue weighted by molar-refractivity contribution is 7.09. The van der Waals surface area contributed by atoms with Gasteiger partial charge in [0.15, 0.2) is 0 Å². The van der Waals surface area contributed by atoms with E-state index in [2.05, 4.69) is 17.2 Å². The number of benzene rings is 1. The third-order valence-corrected chi connectivity index (χ3v) is 4.45. The van der Waals surface area contributed by atoms with E-state index in [1.807, 2.05) is 31.2 Å². The van der Waals surface area contributed by atoms with Crippen molar-refractivity contribution in [3.8, 4) is 5.75 Å². The first-order valence-corrected chi connectivity index (χ1v) is 8.45. The largest absolute Gasteiger partial charge is 0.486 e. The van der Waals surface area contributed by atoms with Gasteiger partial charge < -0.3 is 14.5 Å². The standard InChI is InChI=1S/C18H18N2O3S/c1-12-5-6-14(8-13(12)2)23-10-17-20-16(11-24-17)18(21)19-9-15-4-3-7-22-15/h3-8,11H,9-10H2,1-2H3,(H,19,21). The minimum Gasteiger partial charge on any atom is -0.486 e. The van der Waals surface area contributed by atoms with Gasteiger partial charge in [0.1, 0.15) is 28.8 Å². The molecule has 0 saturated carbocycles. The summed E-state index contributed by atoms with van der Waals surface area (Å²) in [5, 5.41) is 5.27. The van der Waals surface area contributed by atoms with E-state index < -0.39 is 0 Å². The van der Waals surface area contributed by atoms with E-state index in [9.17, 15) is 4.79 Å². The predicted octanol–water partition coefficient (Wildman–Crippen LogP) is 3.86. The third-order valence-electron chi connectivity index (χ3n) is 3.63. The highest BCUT2D eigenvalue weighted by Gasteiger charge is 2.11. The minimum absolute atomic E-state index is 0.222. The van der Waals surface area contributed by atoms with Crippen molar-refractivity contribution in [3.63, 3.8) is 0 Å². The van der Waals surface area contributed by atoms with E-state index in [1.54, 1.807) is 17.7 Å². The highest BCUT2D eigenvalue weighted by Crippen LogP contribution is 2.19. The summed E-state index contributed by atoms with van der Waals surface area (Å²) in [6, 6.07) is 9.56. The van der Waals surface area contributed by atoms with Gasteiger partial charge in [0, 0.05) is 5.38 Å². The number of nitrogens with one attached hydrogen (secondary N) is 1. The van der Waals surface area contributed by atoms with E-state index >= 15 is 0 Å². The zero-order valence-electron chi connectivity index (χ0n) is 13.5. The van der Waals surface area contributed by atoms with Crippen LogP contribution in [-0.2, 0) is 13.2 Å². The summed E-state index contributed by atoms with van der Waals surface area (Å²) in [5.41, 5.74) is 2.81. The molecule has 0 aliphatic carbocycles. The van der Waals surface area contributed by atoms with E-state index in [-0.39, 0.29) is 5.91 Å². The first-order valence-electron chi connectivity index (χ1n) is 7.57. The fourth-order valence-corrected chi connectivity index (χ4v) is 2.79. The molecule has 5 nitrogen and oxygen atoms in total. The number of thiazole rings is 1. The van der Waals surface area contributed by atoms with Gasteiger partial charge in [0.25, 0.3) is 5.91 Å². The molecule has 0 aliphatic heterocycles. The maximum atomic E-state index is 12.1. The van der Waals surface area contributed by atoms with Crippen LogP contribution in [0.1, 0.15) is 32.4 Å². The molecule has 2 heterocycles. The lowest BCUT2D eigenvalue weighted by Gasteiger charge is -2.06. The van der Waals surface area contributed by atoms with Crippen molar-refractivity contribution in [1.29, 1.82) is 0 Å². The van der Waals surface area contributed by atoms with Crippen LogP contribution in [0.3, 0.4) is 0 Å². The molecule has 0 atom stereocenters. The van der Waals surface area contributed by atoms with Crippen LogP contribution in [-0.4, -0.2) is 10.9 Å². The van der Waals surface area contributed by atoms with Crippen LogP contribution in [0.15, 0.2) is 46.4 Å². The van der Waals surface area contributed by atoms with Gasteiger partial charge in [-0.25, -0.2) is 4.98 Å². The van der Waals surface area contributed by atoms with Crippen LogP contribution in [0.4, 0.5) is 0 Å². The van der Waals surface area contributed by atoms with E-state index in [0.29, 0.717) is 24.6 Å². The second-order valence-corrected chi connectivity index (χ2v) is 6.37. The lowest BCUT2D eigenvalue weighted by atomic mass is 10.1. The Morgan fingerprint density at radius 1 is 1.29 bits per heavy atom. The molecule has 0 spiro atoms. The Bertz CT molecular complexity index is 825. The summed E-state index contributed by atoms with van der Waals surface area (Å²) < 4.78 is 10.9. The van der Waals surface area contributed by atoms with Gasteiger partial charge >= 0.3 is 0 Å². The van der Waals surface area contributed by atoms with Crippen molar-refractivity contribution in [2.75, 3.05) is 0 Å². The SMILES string of the molecule is Cc1ccc(OCc2nc(C(=O)NCc3ccco3)cs2)cc1C. The Balaban J connectivity index is 1.54. The number of ether oxygens (including phenoxy) is 1. The number of furan rings is 1. The van der Waals surface area contributed by atoms with Crippen molar-refractivity contribution in [2.45, 2.75) is 27.0 Å². The lowest BCUT2D eigenvalue weighted by Crippen LogP contribution is -2.22. The molecular formula is C18H18N2O3S. The van der Waals surface area contributed by atoms with Crippen LogP contribution in [0, 0.1) is 13.8 Å². The molecule has 6 heteroatoms. The molecule has 2 aromatic heterocycles. The number of hydrogen-bond donors (Lipinski definition) is 1. The molecule has 1 N–H and O–H groups in total. The highest BCUT2D eigenvalue weighted by atomic mass is 32.1. The quantitative estimate of drug-likeness (QED) is 0.739. The van der Waals surface area contributed by atoms with Gasteiger partial charge in [-0.15, -0.1) is 11.3 Å². The van der Waals surface area contributed by atoms with Gasteiger partial charge in [-0.1, -0.05) is 6.07 Å². The molecule has 1 amide bonds. The minimum atomic E-state index is -0.222. The third kappa shape index (κ3) is 4.02. The Morgan fingerprint density at radius 3 is 2.92 bits per heavy atom. The lowest BCUT2D eigenvalue weighted by molar-refractivity contribution is 0.0943. The van der Waals surface area contributed by atoms with E-state index in [0.717, 1.165) is 10.8 Å². The zero-order chi connectivity index (χ0) is 16.9. The molecule has 0 aliphatic rings. The number of hydrogen-bond acceptors (Lipinski definition) is 5. The Kier molecular flexibility index (Phi) is 4.96. The summed E-state index contributed by atoms with van der Waals surface area (Å²) in [5.74, 6) is 1.29. The van der Waals surface area contributed by atoms with Gasteiger partial charge in [-0.3, -0.25) is 4.79 Å². The number of aryl methyl sites for hydroxylation is 2. The number of rotatable bonds is 6. The molecule has 24 heavy (non-hydrogen) atoms. The second kappa shape index (κ2) is 7.31. The summed E-state index contributed by atoms with van der Waals surface area (Å²) in [7, 11) is 0. The number of nitrogens with zero attached hydrogens (tertiary/aromatic N) is 1. The fourth-order valence-electron chi connectivity index (χ4n) is 2.10. The molecule has 3 rings (SSSR count). The molecule has 0 saturated heterocycles. The molecule has 1 aromatic carbocycles. The average molecular weight is 342 g/mol. The molecule has 0 unspecified atom stereocenters. The maximum Gasteiger partial charge on any atom is 0.271 e. The van der Waals surface area contributed by atoms with Gasteiger partial charge in [0.2, 0.25) is 0 Å². The number of carbonyl (C=O) groups is 1. The molecule has 124 valence electrons. The Morgan fingerprint density at radius 2 is 2.17 bits per heavy atom. The van der Waals surface area contributed by atoms with E-state index in [4.69, 9.17) is 9.15 Å². The fraction of sp³-hybridized carbons (Fsp3) is 0.222. The van der Waals surface area contributed by atoms with Crippen molar-refractivity contribution in [3.05, 3.63) is 69.6 Å². The first kappa shape index (κ1) is 16.3. The zero-order valence-corrected chi connectivity index (χ0v) is 14.4. The summed E-state index contributed by atoms with van der Waals surface area (Å²) in [6.07, 6.45) is 1.58. The average Bonchev–Trinajstić information content (AvgIpc) is 3.25. The Labute approximate surface area is 144 Å². The summed E-state index contributed by atoms with van der Waals surface area (Å²) >= 11 is 1.41. The van der Waals surface area contributed by atoms with Gasteiger partial charge in [0.05, 0.1) is 12.8 Å². The monoisotopic (exact) mass is 342 g/mol.